The second kappa shape index (κ2) is 8.62. The molecule has 0 bridgehead atoms. The first-order chi connectivity index (χ1) is 12.2. The molecular formula is C19H21ClN4O. The lowest BCUT2D eigenvalue weighted by Gasteiger charge is -2.32. The molecule has 1 saturated heterocycles. The molecule has 0 atom stereocenters. The minimum atomic E-state index is -0.0868. The van der Waals surface area contributed by atoms with Gasteiger partial charge in [-0.3, -0.25) is 9.78 Å². The van der Waals surface area contributed by atoms with Gasteiger partial charge in [0.25, 0.3) is 0 Å². The number of amides is 1. The van der Waals surface area contributed by atoms with Crippen LogP contribution in [-0.2, 0) is 4.79 Å². The van der Waals surface area contributed by atoms with Gasteiger partial charge in [0.1, 0.15) is 5.82 Å². The van der Waals surface area contributed by atoms with Crippen molar-refractivity contribution in [1.29, 1.82) is 0 Å². The fourth-order valence-electron chi connectivity index (χ4n) is 2.90. The fraction of sp³-hybridized carbons (Fsp3) is 0.316. The van der Waals surface area contributed by atoms with Gasteiger partial charge in [0.05, 0.1) is 6.20 Å². The van der Waals surface area contributed by atoms with Crippen molar-refractivity contribution in [2.24, 2.45) is 5.92 Å². The van der Waals surface area contributed by atoms with Gasteiger partial charge >= 0.3 is 0 Å². The molecule has 1 aromatic carbocycles. The van der Waals surface area contributed by atoms with Crippen molar-refractivity contribution in [3.63, 3.8) is 0 Å². The number of halogens is 1. The first-order valence-corrected chi connectivity index (χ1v) is 8.81. The Hall–Kier alpha value is -2.40. The molecule has 0 spiro atoms. The van der Waals surface area contributed by atoms with Gasteiger partial charge in [0.15, 0.2) is 0 Å². The minimum absolute atomic E-state index is 0.0868. The third-order valence-electron chi connectivity index (χ3n) is 4.37. The van der Waals surface area contributed by atoms with Crippen LogP contribution in [0.25, 0.3) is 6.08 Å². The van der Waals surface area contributed by atoms with E-state index in [1.54, 1.807) is 24.7 Å². The molecule has 6 heteroatoms. The molecule has 0 saturated carbocycles. The molecule has 25 heavy (non-hydrogen) atoms. The summed E-state index contributed by atoms with van der Waals surface area (Å²) in [5, 5.41) is 3.62. The fourth-order valence-corrected chi connectivity index (χ4v) is 3.10. The molecule has 1 amide bonds. The number of benzene rings is 1. The van der Waals surface area contributed by atoms with Crippen LogP contribution in [0.5, 0.6) is 0 Å². The van der Waals surface area contributed by atoms with E-state index < -0.39 is 0 Å². The number of hydrogen-bond donors (Lipinski definition) is 1. The number of carbonyl (C=O) groups excluding carboxylic acids is 1. The molecule has 130 valence electrons. The van der Waals surface area contributed by atoms with Crippen molar-refractivity contribution < 1.29 is 4.79 Å². The summed E-state index contributed by atoms with van der Waals surface area (Å²) < 4.78 is 0. The normalized spacial score (nSPS) is 15.5. The van der Waals surface area contributed by atoms with Crippen LogP contribution in [0.1, 0.15) is 18.4 Å². The van der Waals surface area contributed by atoms with Gasteiger partial charge in [-0.05, 0) is 36.5 Å². The Morgan fingerprint density at radius 3 is 2.80 bits per heavy atom. The van der Waals surface area contributed by atoms with Crippen LogP contribution in [-0.4, -0.2) is 35.5 Å². The van der Waals surface area contributed by atoms with E-state index in [2.05, 4.69) is 20.2 Å². The summed E-state index contributed by atoms with van der Waals surface area (Å²) in [6, 6.07) is 7.46. The van der Waals surface area contributed by atoms with Gasteiger partial charge in [0.2, 0.25) is 5.91 Å². The smallest absolute Gasteiger partial charge is 0.244 e. The Labute approximate surface area is 152 Å². The zero-order valence-corrected chi connectivity index (χ0v) is 14.7. The monoisotopic (exact) mass is 356 g/mol. The molecule has 1 fully saturated rings. The van der Waals surface area contributed by atoms with Gasteiger partial charge in [-0.2, -0.15) is 0 Å². The topological polar surface area (TPSA) is 58.1 Å². The van der Waals surface area contributed by atoms with Crippen LogP contribution in [0.2, 0.25) is 5.02 Å². The van der Waals surface area contributed by atoms with E-state index in [4.69, 9.17) is 11.6 Å². The van der Waals surface area contributed by atoms with Crippen LogP contribution in [0, 0.1) is 5.92 Å². The van der Waals surface area contributed by atoms with Crippen LogP contribution in [0.4, 0.5) is 5.82 Å². The van der Waals surface area contributed by atoms with E-state index in [0.29, 0.717) is 17.5 Å². The molecule has 3 rings (SSSR count). The van der Waals surface area contributed by atoms with E-state index in [-0.39, 0.29) is 5.91 Å². The number of rotatable bonds is 5. The maximum atomic E-state index is 12.0. The lowest BCUT2D eigenvalue weighted by Crippen LogP contribution is -2.38. The summed E-state index contributed by atoms with van der Waals surface area (Å²) in [5.74, 6) is 1.33. The van der Waals surface area contributed by atoms with E-state index in [1.807, 2.05) is 24.3 Å². The lowest BCUT2D eigenvalue weighted by molar-refractivity contribution is -0.116. The van der Waals surface area contributed by atoms with Gasteiger partial charge in [-0.15, -0.1) is 0 Å². The number of carbonyl (C=O) groups is 1. The van der Waals surface area contributed by atoms with Gasteiger partial charge < -0.3 is 10.2 Å². The Bertz CT molecular complexity index is 727. The number of piperidine rings is 1. The van der Waals surface area contributed by atoms with E-state index in [9.17, 15) is 4.79 Å². The van der Waals surface area contributed by atoms with Crippen LogP contribution >= 0.6 is 11.6 Å². The third-order valence-corrected chi connectivity index (χ3v) is 4.72. The second-order valence-electron chi connectivity index (χ2n) is 6.09. The summed E-state index contributed by atoms with van der Waals surface area (Å²) in [4.78, 5) is 22.7. The minimum Gasteiger partial charge on any atom is -0.355 e. The lowest BCUT2D eigenvalue weighted by atomic mass is 9.97. The Kier molecular flexibility index (Phi) is 6.01. The predicted molar refractivity (Wildman–Crippen MR) is 100 cm³/mol. The number of nitrogens with zero attached hydrogens (tertiary/aromatic N) is 3. The zero-order chi connectivity index (χ0) is 17.5. The summed E-state index contributed by atoms with van der Waals surface area (Å²) >= 11 is 6.07. The van der Waals surface area contributed by atoms with Crippen molar-refractivity contribution in [1.82, 2.24) is 15.3 Å². The molecule has 2 heterocycles. The molecule has 0 aliphatic carbocycles. The second-order valence-corrected chi connectivity index (χ2v) is 6.50. The van der Waals surface area contributed by atoms with Crippen molar-refractivity contribution in [3.05, 3.63) is 59.5 Å². The number of aromatic nitrogens is 2. The first-order valence-electron chi connectivity index (χ1n) is 8.44. The average Bonchev–Trinajstić information content (AvgIpc) is 2.67. The van der Waals surface area contributed by atoms with Gasteiger partial charge in [-0.1, -0.05) is 29.8 Å². The zero-order valence-electron chi connectivity index (χ0n) is 13.9. The largest absolute Gasteiger partial charge is 0.355 e. The standard InChI is InChI=1S/C19H21ClN4O/c20-17-4-2-1-3-16(17)5-6-19(25)23-13-15-7-11-24(12-8-15)18-14-21-9-10-22-18/h1-6,9-10,14-15H,7-8,11-13H2,(H,23,25)/b6-5+. The molecule has 0 radical (unpaired) electrons. The van der Waals surface area contributed by atoms with Crippen molar-refractivity contribution in [3.8, 4) is 0 Å². The molecule has 5 nitrogen and oxygen atoms in total. The van der Waals surface area contributed by atoms with E-state index in [0.717, 1.165) is 37.3 Å². The molecule has 1 aliphatic rings. The molecule has 1 N–H and O–H groups in total. The number of nitrogens with one attached hydrogen (secondary N) is 1. The summed E-state index contributed by atoms with van der Waals surface area (Å²) in [5.41, 5.74) is 0.844. The quantitative estimate of drug-likeness (QED) is 0.836. The highest BCUT2D eigenvalue weighted by Crippen LogP contribution is 2.20. The SMILES string of the molecule is O=C(/C=C/c1ccccc1Cl)NCC1CCN(c2cnccn2)CC1. The molecule has 1 aromatic heterocycles. The van der Waals surface area contributed by atoms with Crippen molar-refractivity contribution >= 4 is 29.4 Å². The van der Waals surface area contributed by atoms with Crippen molar-refractivity contribution in [2.75, 3.05) is 24.5 Å². The molecule has 2 aromatic rings. The van der Waals surface area contributed by atoms with Crippen LogP contribution < -0.4 is 10.2 Å². The number of hydrogen-bond acceptors (Lipinski definition) is 4. The Morgan fingerprint density at radius 1 is 1.28 bits per heavy atom. The number of anilines is 1. The summed E-state index contributed by atoms with van der Waals surface area (Å²) in [6.45, 7) is 2.57. The maximum absolute atomic E-state index is 12.0. The van der Waals surface area contributed by atoms with Gasteiger partial charge in [-0.25, -0.2) is 4.98 Å². The maximum Gasteiger partial charge on any atom is 0.244 e. The highest BCUT2D eigenvalue weighted by atomic mass is 35.5. The highest BCUT2D eigenvalue weighted by molar-refractivity contribution is 6.32. The summed E-state index contributed by atoms with van der Waals surface area (Å²) in [6.07, 6.45) is 10.5. The summed E-state index contributed by atoms with van der Waals surface area (Å²) in [7, 11) is 0. The molecular weight excluding hydrogens is 336 g/mol. The third kappa shape index (κ3) is 5.03. The first kappa shape index (κ1) is 17.4. The van der Waals surface area contributed by atoms with E-state index in [1.165, 1.54) is 6.08 Å². The van der Waals surface area contributed by atoms with Crippen LogP contribution in [0.15, 0.2) is 48.9 Å². The molecule has 0 unspecified atom stereocenters. The predicted octanol–water partition coefficient (Wildman–Crippen LogP) is 3.18. The Morgan fingerprint density at radius 2 is 2.08 bits per heavy atom. The van der Waals surface area contributed by atoms with Crippen molar-refractivity contribution in [2.45, 2.75) is 12.8 Å². The highest BCUT2D eigenvalue weighted by Gasteiger charge is 2.20. The van der Waals surface area contributed by atoms with Gasteiger partial charge in [0, 0.05) is 43.1 Å². The molecule has 1 aliphatic heterocycles. The Balaban J connectivity index is 1.42. The van der Waals surface area contributed by atoms with E-state index >= 15 is 0 Å². The average molecular weight is 357 g/mol. The van der Waals surface area contributed by atoms with Crippen LogP contribution in [0.3, 0.4) is 0 Å².